The number of aliphatic hydroxyl groups excluding tert-OH is 4. The molecule has 8 N–H and O–H groups in total. The number of aromatic amines is 1. The minimum absolute atomic E-state index is 0.224. The van der Waals surface area contributed by atoms with Crippen LogP contribution in [0.2, 0.25) is 0 Å². The van der Waals surface area contributed by atoms with Crippen molar-refractivity contribution in [3.05, 3.63) is 12.7 Å². The van der Waals surface area contributed by atoms with Crippen LogP contribution in [0.5, 0.6) is 0 Å². The van der Waals surface area contributed by atoms with E-state index in [2.05, 4.69) is 41.8 Å². The number of fused-ring (bicyclic) bond motifs is 1. The Morgan fingerprint density at radius 1 is 1.02 bits per heavy atom. The van der Waals surface area contributed by atoms with Crippen LogP contribution in [0, 0.1) is 12.3 Å². The summed E-state index contributed by atoms with van der Waals surface area (Å²) in [5.41, 5.74) is 0.783. The van der Waals surface area contributed by atoms with Gasteiger partial charge in [0.05, 0.1) is 25.5 Å². The topological polar surface area (TPSA) is 215 Å². The predicted molar refractivity (Wildman–Crippen MR) is 149 cm³/mol. The molecule has 6 atom stereocenters. The van der Waals surface area contributed by atoms with E-state index in [1.807, 2.05) is 0 Å². The number of hydrogen-bond acceptors (Lipinski definition) is 11. The molecular formula is C27H41N7O7. The average molecular weight is 576 g/mol. The minimum Gasteiger partial charge on any atom is -0.394 e. The van der Waals surface area contributed by atoms with Crippen molar-refractivity contribution in [3.8, 4) is 12.3 Å². The van der Waals surface area contributed by atoms with Crippen LogP contribution >= 0.6 is 0 Å². The zero-order valence-electron chi connectivity index (χ0n) is 23.0. The number of aromatic nitrogens is 4. The van der Waals surface area contributed by atoms with Gasteiger partial charge in [0.15, 0.2) is 17.7 Å². The first-order valence-electron chi connectivity index (χ1n) is 14.1. The Hall–Kier alpha value is -3.35. The molecular weight excluding hydrogens is 534 g/mol. The highest BCUT2D eigenvalue weighted by atomic mass is 16.5. The number of terminal acetylenes is 1. The van der Waals surface area contributed by atoms with Gasteiger partial charge in [-0.3, -0.25) is 9.59 Å². The molecule has 3 rings (SSSR count). The first kappa shape index (κ1) is 32.2. The Balaban J connectivity index is 1.43. The van der Waals surface area contributed by atoms with Gasteiger partial charge in [0.25, 0.3) is 0 Å². The van der Waals surface area contributed by atoms with Gasteiger partial charge in [-0.25, -0.2) is 15.0 Å². The lowest BCUT2D eigenvalue weighted by Gasteiger charge is -2.44. The second-order valence-electron chi connectivity index (χ2n) is 10.1. The van der Waals surface area contributed by atoms with Gasteiger partial charge in [0.2, 0.25) is 11.8 Å². The number of carbonyl (C=O) groups is 2. The third-order valence-electron chi connectivity index (χ3n) is 7.00. The van der Waals surface area contributed by atoms with E-state index < -0.39 is 49.2 Å². The molecule has 0 spiro atoms. The fraction of sp³-hybridized carbons (Fsp3) is 0.667. The Morgan fingerprint density at radius 2 is 1.73 bits per heavy atom. The van der Waals surface area contributed by atoms with Crippen LogP contribution < -0.4 is 16.0 Å². The molecule has 1 aliphatic rings. The standard InChI is InChI=1S/C27H41N7O7/c1-2-3-4-5-6-7-8-9-10-11-12-18(37)28-13-19(38)33-20-22(39)23(40)27(41-24(20)17(36)14-35)34-26-21-25(30-15-29-21)31-16-32-26/h1,15-17,20,22-24,27,35-36,39-40H,3-14H2,(H,28,37)(H,33,38)(H2,29,30,31,32,34)/t17-,20+,22+,23+,24-,27-/m0/s1. The van der Waals surface area contributed by atoms with Crippen molar-refractivity contribution in [1.29, 1.82) is 0 Å². The van der Waals surface area contributed by atoms with E-state index in [-0.39, 0.29) is 24.7 Å². The van der Waals surface area contributed by atoms with Crippen LogP contribution in [-0.4, -0.2) is 102 Å². The van der Waals surface area contributed by atoms with Gasteiger partial charge in [0, 0.05) is 12.8 Å². The molecule has 3 heterocycles. The van der Waals surface area contributed by atoms with Gasteiger partial charge in [-0.15, -0.1) is 12.3 Å². The molecule has 1 aliphatic heterocycles. The number of H-pyrrole nitrogens is 1. The predicted octanol–water partition coefficient (Wildman–Crippen LogP) is -0.300. The number of imidazole rings is 1. The van der Waals surface area contributed by atoms with Gasteiger partial charge in [0.1, 0.15) is 36.3 Å². The maximum atomic E-state index is 12.6. The lowest BCUT2D eigenvalue weighted by Crippen LogP contribution is -2.68. The fourth-order valence-electron chi connectivity index (χ4n) is 4.73. The van der Waals surface area contributed by atoms with Crippen LogP contribution in [0.25, 0.3) is 11.2 Å². The number of rotatable bonds is 17. The molecule has 41 heavy (non-hydrogen) atoms. The van der Waals surface area contributed by atoms with E-state index in [1.54, 1.807) is 0 Å². The van der Waals surface area contributed by atoms with Crippen molar-refractivity contribution < 1.29 is 34.8 Å². The van der Waals surface area contributed by atoms with Gasteiger partial charge < -0.3 is 46.1 Å². The molecule has 0 bridgehead atoms. The van der Waals surface area contributed by atoms with E-state index in [1.165, 1.54) is 19.1 Å². The molecule has 0 aliphatic carbocycles. The van der Waals surface area contributed by atoms with Crippen LogP contribution in [0.3, 0.4) is 0 Å². The van der Waals surface area contributed by atoms with Gasteiger partial charge in [-0.2, -0.15) is 0 Å². The number of nitrogens with one attached hydrogen (secondary N) is 4. The Labute approximate surface area is 238 Å². The number of anilines is 1. The van der Waals surface area contributed by atoms with Crippen molar-refractivity contribution in [2.45, 2.75) is 101 Å². The molecule has 2 amide bonds. The Morgan fingerprint density at radius 3 is 2.44 bits per heavy atom. The van der Waals surface area contributed by atoms with Crippen LogP contribution in [0.15, 0.2) is 12.7 Å². The maximum Gasteiger partial charge on any atom is 0.239 e. The molecule has 0 radical (unpaired) electrons. The van der Waals surface area contributed by atoms with E-state index in [4.69, 9.17) is 11.2 Å². The fourth-order valence-corrected chi connectivity index (χ4v) is 4.73. The second kappa shape index (κ2) is 16.8. The van der Waals surface area contributed by atoms with Gasteiger partial charge >= 0.3 is 0 Å². The molecule has 0 saturated carbocycles. The number of nitrogens with zero attached hydrogens (tertiary/aromatic N) is 3. The quantitative estimate of drug-likeness (QED) is 0.0905. The van der Waals surface area contributed by atoms with Crippen molar-refractivity contribution in [1.82, 2.24) is 30.6 Å². The summed E-state index contributed by atoms with van der Waals surface area (Å²) in [6.07, 6.45) is 10.1. The number of carbonyl (C=O) groups excluding carboxylic acids is 2. The van der Waals surface area contributed by atoms with E-state index in [9.17, 15) is 30.0 Å². The second-order valence-corrected chi connectivity index (χ2v) is 10.1. The summed E-state index contributed by atoms with van der Waals surface area (Å²) in [5.74, 6) is 1.94. The van der Waals surface area contributed by atoms with Crippen LogP contribution in [-0.2, 0) is 14.3 Å². The first-order valence-corrected chi connectivity index (χ1v) is 14.1. The van der Waals surface area contributed by atoms with Gasteiger partial charge in [-0.05, 0) is 12.8 Å². The van der Waals surface area contributed by atoms with Crippen molar-refractivity contribution in [2.24, 2.45) is 0 Å². The lowest BCUT2D eigenvalue weighted by molar-refractivity contribution is -0.204. The largest absolute Gasteiger partial charge is 0.394 e. The van der Waals surface area contributed by atoms with E-state index in [0.717, 1.165) is 44.9 Å². The van der Waals surface area contributed by atoms with E-state index in [0.29, 0.717) is 17.6 Å². The zero-order chi connectivity index (χ0) is 29.6. The Kier molecular flexibility index (Phi) is 13.2. The Bertz CT molecular complexity index is 1140. The summed E-state index contributed by atoms with van der Waals surface area (Å²) < 4.78 is 5.77. The van der Waals surface area contributed by atoms with Crippen LogP contribution in [0.4, 0.5) is 5.82 Å². The van der Waals surface area contributed by atoms with Crippen LogP contribution in [0.1, 0.15) is 64.2 Å². The highest BCUT2D eigenvalue weighted by molar-refractivity contribution is 5.85. The summed E-state index contributed by atoms with van der Waals surface area (Å²) in [6, 6.07) is -1.28. The lowest BCUT2D eigenvalue weighted by atomic mass is 9.92. The normalized spacial score (nSPS) is 23.0. The zero-order valence-corrected chi connectivity index (χ0v) is 23.0. The van der Waals surface area contributed by atoms with E-state index >= 15 is 0 Å². The molecule has 1 fully saturated rings. The third-order valence-corrected chi connectivity index (χ3v) is 7.00. The first-order chi connectivity index (χ1) is 19.8. The van der Waals surface area contributed by atoms with Crippen molar-refractivity contribution in [3.63, 3.8) is 0 Å². The molecule has 226 valence electrons. The maximum absolute atomic E-state index is 12.6. The van der Waals surface area contributed by atoms with Gasteiger partial charge in [-0.1, -0.05) is 38.5 Å². The number of aliphatic hydroxyl groups is 4. The smallest absolute Gasteiger partial charge is 0.239 e. The number of amides is 2. The number of hydrogen-bond donors (Lipinski definition) is 8. The summed E-state index contributed by atoms with van der Waals surface area (Å²) in [4.78, 5) is 39.7. The average Bonchev–Trinajstić information content (AvgIpc) is 3.46. The SMILES string of the molecule is C#CCCCCCCCCCCC(=O)NCC(=O)N[C@@H]1[C@@H](O)[C@@H](O)[C@@H](Nc2ncnc3nc[nH]c23)O[C@H]1[C@@H](O)CO. The molecule has 14 nitrogen and oxygen atoms in total. The molecule has 14 heteroatoms. The van der Waals surface area contributed by atoms with Crippen molar-refractivity contribution in [2.75, 3.05) is 18.5 Å². The molecule has 2 aromatic rings. The minimum atomic E-state index is -1.59. The number of unbranched alkanes of at least 4 members (excludes halogenated alkanes) is 8. The highest BCUT2D eigenvalue weighted by Crippen LogP contribution is 2.26. The number of ether oxygens (including phenoxy) is 1. The van der Waals surface area contributed by atoms with Crippen molar-refractivity contribution >= 4 is 28.8 Å². The summed E-state index contributed by atoms with van der Waals surface area (Å²) >= 11 is 0. The molecule has 2 aromatic heterocycles. The summed E-state index contributed by atoms with van der Waals surface area (Å²) in [7, 11) is 0. The summed E-state index contributed by atoms with van der Waals surface area (Å²) in [6.45, 7) is -1.09. The molecule has 1 saturated heterocycles. The molecule has 0 aromatic carbocycles. The highest BCUT2D eigenvalue weighted by Gasteiger charge is 2.48. The third kappa shape index (κ3) is 9.61. The summed E-state index contributed by atoms with van der Waals surface area (Å²) in [5, 5.41) is 49.4. The molecule has 0 unspecified atom stereocenters. The monoisotopic (exact) mass is 575 g/mol.